The summed E-state index contributed by atoms with van der Waals surface area (Å²) in [5.41, 5.74) is 3.67. The van der Waals surface area contributed by atoms with Gasteiger partial charge in [-0.05, 0) is 41.7 Å². The van der Waals surface area contributed by atoms with Crippen LogP contribution >= 0.6 is 11.5 Å². The molecule has 0 spiro atoms. The van der Waals surface area contributed by atoms with Crippen LogP contribution in [0.3, 0.4) is 0 Å². The number of amides is 2. The zero-order chi connectivity index (χ0) is 19.2. The summed E-state index contributed by atoms with van der Waals surface area (Å²) in [5, 5.41) is 5.72. The fraction of sp³-hybridized carbons (Fsp3) is 0.200. The van der Waals surface area contributed by atoms with E-state index in [1.54, 1.807) is 25.3 Å². The molecule has 0 radical (unpaired) electrons. The highest BCUT2D eigenvalue weighted by Crippen LogP contribution is 2.32. The average Bonchev–Trinajstić information content (AvgIpc) is 3.11. The summed E-state index contributed by atoms with van der Waals surface area (Å²) in [7, 11) is 0. The molecule has 0 bridgehead atoms. The van der Waals surface area contributed by atoms with Crippen LogP contribution in [0.4, 0.5) is 5.69 Å². The number of carbonyl (C=O) groups excluding carboxylic acids is 2. The maximum atomic E-state index is 12.8. The van der Waals surface area contributed by atoms with Crippen molar-refractivity contribution in [3.8, 4) is 11.4 Å². The second-order valence-electron chi connectivity index (χ2n) is 5.96. The topological polar surface area (TPSA) is 84.0 Å². The van der Waals surface area contributed by atoms with Crippen molar-refractivity contribution in [2.24, 2.45) is 0 Å². The molecule has 1 aromatic carbocycles. The van der Waals surface area contributed by atoms with Gasteiger partial charge >= 0.3 is 0 Å². The molecular formula is C20H20N4O2S. The van der Waals surface area contributed by atoms with Crippen molar-refractivity contribution in [1.29, 1.82) is 0 Å². The second kappa shape index (κ2) is 8.55. The van der Waals surface area contributed by atoms with Crippen LogP contribution in [-0.2, 0) is 11.3 Å². The third-order valence-electron chi connectivity index (χ3n) is 4.09. The van der Waals surface area contributed by atoms with Crippen molar-refractivity contribution in [2.75, 3.05) is 5.32 Å². The molecule has 3 aromatic rings. The monoisotopic (exact) mass is 380 g/mol. The highest BCUT2D eigenvalue weighted by atomic mass is 32.1. The van der Waals surface area contributed by atoms with Crippen LogP contribution in [0, 0.1) is 6.92 Å². The van der Waals surface area contributed by atoms with E-state index < -0.39 is 0 Å². The van der Waals surface area contributed by atoms with Crippen molar-refractivity contribution >= 4 is 29.0 Å². The normalized spacial score (nSPS) is 10.4. The number of hydrogen-bond acceptors (Lipinski definition) is 5. The number of nitrogens with one attached hydrogen (secondary N) is 2. The number of rotatable bonds is 6. The smallest absolute Gasteiger partial charge is 0.265 e. The third kappa shape index (κ3) is 4.38. The van der Waals surface area contributed by atoms with E-state index >= 15 is 0 Å². The largest absolute Gasteiger partial charge is 0.347 e. The van der Waals surface area contributed by atoms with E-state index in [-0.39, 0.29) is 11.8 Å². The first-order valence-electron chi connectivity index (χ1n) is 8.63. The van der Waals surface area contributed by atoms with Crippen LogP contribution in [0.1, 0.15) is 34.1 Å². The van der Waals surface area contributed by atoms with E-state index in [1.807, 2.05) is 37.3 Å². The summed E-state index contributed by atoms with van der Waals surface area (Å²) < 4.78 is 4.37. The predicted octanol–water partition coefficient (Wildman–Crippen LogP) is 3.79. The van der Waals surface area contributed by atoms with Crippen LogP contribution < -0.4 is 10.6 Å². The SMILES string of the molecule is CCC(=O)Nc1c(-c2ccccn2)nsc1C(=O)NCc1ccccc1C. The summed E-state index contributed by atoms with van der Waals surface area (Å²) in [5.74, 6) is -0.454. The summed E-state index contributed by atoms with van der Waals surface area (Å²) in [4.78, 5) is 29.4. The minimum atomic E-state index is -0.274. The molecule has 0 saturated carbocycles. The van der Waals surface area contributed by atoms with Gasteiger partial charge in [0.15, 0.2) is 0 Å². The van der Waals surface area contributed by atoms with Crippen molar-refractivity contribution in [3.63, 3.8) is 0 Å². The number of anilines is 1. The third-order valence-corrected chi connectivity index (χ3v) is 4.94. The Labute approximate surface area is 161 Å². The number of hydrogen-bond donors (Lipinski definition) is 2. The van der Waals surface area contributed by atoms with E-state index in [0.717, 1.165) is 22.7 Å². The van der Waals surface area contributed by atoms with Crippen LogP contribution in [0.2, 0.25) is 0 Å². The molecule has 2 N–H and O–H groups in total. The number of pyridine rings is 1. The Morgan fingerprint density at radius 3 is 2.59 bits per heavy atom. The van der Waals surface area contributed by atoms with Gasteiger partial charge in [-0.3, -0.25) is 14.6 Å². The van der Waals surface area contributed by atoms with Crippen molar-refractivity contribution < 1.29 is 9.59 Å². The number of aromatic nitrogens is 2. The molecule has 3 rings (SSSR count). The molecule has 0 aliphatic rings. The van der Waals surface area contributed by atoms with Crippen molar-refractivity contribution in [2.45, 2.75) is 26.8 Å². The van der Waals surface area contributed by atoms with Gasteiger partial charge in [-0.25, -0.2) is 0 Å². The lowest BCUT2D eigenvalue weighted by molar-refractivity contribution is -0.115. The molecule has 0 saturated heterocycles. The first kappa shape index (κ1) is 18.7. The molecule has 2 heterocycles. The first-order valence-corrected chi connectivity index (χ1v) is 9.41. The van der Waals surface area contributed by atoms with E-state index in [2.05, 4.69) is 20.0 Å². The number of carbonyl (C=O) groups is 2. The lowest BCUT2D eigenvalue weighted by Crippen LogP contribution is -2.24. The van der Waals surface area contributed by atoms with Crippen molar-refractivity contribution in [3.05, 3.63) is 64.7 Å². The number of aryl methyl sites for hydroxylation is 1. The molecule has 0 aliphatic carbocycles. The van der Waals surface area contributed by atoms with Gasteiger partial charge in [-0.2, -0.15) is 4.37 Å². The Bertz CT molecular complexity index is 954. The lowest BCUT2D eigenvalue weighted by atomic mass is 10.1. The Balaban J connectivity index is 1.87. The Morgan fingerprint density at radius 1 is 1.11 bits per heavy atom. The zero-order valence-electron chi connectivity index (χ0n) is 15.2. The highest BCUT2D eigenvalue weighted by Gasteiger charge is 2.22. The maximum Gasteiger partial charge on any atom is 0.265 e. The van der Waals surface area contributed by atoms with E-state index in [1.165, 1.54) is 0 Å². The molecule has 0 aliphatic heterocycles. The minimum Gasteiger partial charge on any atom is -0.347 e. The summed E-state index contributed by atoms with van der Waals surface area (Å²) in [6.45, 7) is 4.16. The van der Waals surface area contributed by atoms with E-state index in [0.29, 0.717) is 34.9 Å². The fourth-order valence-corrected chi connectivity index (χ4v) is 3.29. The molecule has 2 aromatic heterocycles. The van der Waals surface area contributed by atoms with Gasteiger partial charge in [0.05, 0.1) is 11.4 Å². The first-order chi connectivity index (χ1) is 13.1. The quantitative estimate of drug-likeness (QED) is 0.681. The van der Waals surface area contributed by atoms with Gasteiger partial charge in [0, 0.05) is 19.2 Å². The van der Waals surface area contributed by atoms with Gasteiger partial charge in [0.2, 0.25) is 5.91 Å². The van der Waals surface area contributed by atoms with E-state index in [4.69, 9.17) is 0 Å². The standard InChI is InChI=1S/C20H20N4O2S/c1-3-16(25)23-18-17(15-10-6-7-11-21-15)24-27-19(18)20(26)22-12-14-9-5-4-8-13(14)2/h4-11H,3,12H2,1-2H3,(H,22,26)(H,23,25). The Morgan fingerprint density at radius 2 is 1.89 bits per heavy atom. The molecular weight excluding hydrogens is 360 g/mol. The molecule has 6 nitrogen and oxygen atoms in total. The molecule has 0 unspecified atom stereocenters. The molecule has 0 atom stereocenters. The zero-order valence-corrected chi connectivity index (χ0v) is 16.0. The lowest BCUT2D eigenvalue weighted by Gasteiger charge is -2.09. The van der Waals surface area contributed by atoms with Crippen LogP contribution in [0.25, 0.3) is 11.4 Å². The predicted molar refractivity (Wildman–Crippen MR) is 107 cm³/mol. The van der Waals surface area contributed by atoms with Crippen LogP contribution in [-0.4, -0.2) is 21.2 Å². The fourth-order valence-electron chi connectivity index (χ4n) is 2.53. The van der Waals surface area contributed by atoms with Gasteiger partial charge in [0.1, 0.15) is 10.6 Å². The summed E-state index contributed by atoms with van der Waals surface area (Å²) in [6.07, 6.45) is 1.96. The second-order valence-corrected chi connectivity index (χ2v) is 6.73. The maximum absolute atomic E-state index is 12.8. The average molecular weight is 380 g/mol. The Hall–Kier alpha value is -3.06. The molecule has 7 heteroatoms. The minimum absolute atomic E-state index is 0.180. The molecule has 2 amide bonds. The van der Waals surface area contributed by atoms with Crippen molar-refractivity contribution in [1.82, 2.24) is 14.7 Å². The van der Waals surface area contributed by atoms with Gasteiger partial charge < -0.3 is 10.6 Å². The summed E-state index contributed by atoms with van der Waals surface area (Å²) in [6, 6.07) is 13.3. The van der Waals surface area contributed by atoms with Crippen LogP contribution in [0.15, 0.2) is 48.7 Å². The van der Waals surface area contributed by atoms with E-state index in [9.17, 15) is 9.59 Å². The summed E-state index contributed by atoms with van der Waals surface area (Å²) >= 11 is 1.05. The molecule has 27 heavy (non-hydrogen) atoms. The Kier molecular flexibility index (Phi) is 5.93. The molecule has 0 fully saturated rings. The number of nitrogens with zero attached hydrogens (tertiary/aromatic N) is 2. The highest BCUT2D eigenvalue weighted by molar-refractivity contribution is 7.09. The molecule has 138 valence electrons. The number of benzene rings is 1. The van der Waals surface area contributed by atoms with Gasteiger partial charge in [-0.15, -0.1) is 0 Å². The van der Waals surface area contributed by atoms with Gasteiger partial charge in [-0.1, -0.05) is 37.3 Å². The van der Waals surface area contributed by atoms with Crippen LogP contribution in [0.5, 0.6) is 0 Å². The van der Waals surface area contributed by atoms with Gasteiger partial charge in [0.25, 0.3) is 5.91 Å².